The molecule has 2 aromatic heterocycles. The van der Waals surface area contributed by atoms with Crippen LogP contribution in [0.25, 0.3) is 10.9 Å². The van der Waals surface area contributed by atoms with Crippen molar-refractivity contribution < 1.29 is 26.3 Å². The number of pyridine rings is 1. The Balaban J connectivity index is 1.89. The number of hydrogen-bond donors (Lipinski definition) is 0. The number of rotatable bonds is 4. The third-order valence-electron chi connectivity index (χ3n) is 5.87. The first-order valence-corrected chi connectivity index (χ1v) is 11.1. The van der Waals surface area contributed by atoms with Crippen LogP contribution in [0.4, 0.5) is 37.8 Å². The monoisotopic (exact) mass is 508 g/mol. The lowest BCUT2D eigenvalue weighted by atomic mass is 10.1. The van der Waals surface area contributed by atoms with Gasteiger partial charge in [0.15, 0.2) is 5.82 Å². The molecule has 5 nitrogen and oxygen atoms in total. The largest absolute Gasteiger partial charge is 0.405 e. The zero-order chi connectivity index (χ0) is 26.5. The Morgan fingerprint density at radius 1 is 1.17 bits per heavy atom. The number of aromatic nitrogens is 3. The average molecular weight is 508 g/mol. The summed E-state index contributed by atoms with van der Waals surface area (Å²) >= 11 is 0. The van der Waals surface area contributed by atoms with E-state index in [0.29, 0.717) is 0 Å². The molecule has 2 heterocycles. The molecular formula is C25H22F6N4O. The summed E-state index contributed by atoms with van der Waals surface area (Å²) in [6.07, 6.45) is -6.46. The molecule has 1 fully saturated rings. The molecule has 0 saturated heterocycles. The zero-order valence-corrected chi connectivity index (χ0v) is 19.6. The maximum Gasteiger partial charge on any atom is 0.405 e. The Morgan fingerprint density at radius 2 is 1.86 bits per heavy atom. The number of halogens is 6. The van der Waals surface area contributed by atoms with Crippen molar-refractivity contribution in [3.05, 3.63) is 58.5 Å². The molecule has 1 saturated carbocycles. The molecule has 0 N–H and O–H groups in total. The number of fused-ring (bicyclic) bond motifs is 1. The summed E-state index contributed by atoms with van der Waals surface area (Å²) in [6, 6.07) is 6.54. The topological polar surface area (TPSA) is 51.0 Å². The van der Waals surface area contributed by atoms with Crippen LogP contribution in [0.5, 0.6) is 0 Å². The summed E-state index contributed by atoms with van der Waals surface area (Å²) < 4.78 is 83.3. The number of benzene rings is 1. The molecule has 0 radical (unpaired) electrons. The Morgan fingerprint density at radius 3 is 2.44 bits per heavy atom. The minimum atomic E-state index is -4.49. The first-order chi connectivity index (χ1) is 16.7. The summed E-state index contributed by atoms with van der Waals surface area (Å²) in [5, 5.41) is -0.147. The molecule has 1 aliphatic carbocycles. The number of hydrogen-bond acceptors (Lipinski definition) is 4. The van der Waals surface area contributed by atoms with Gasteiger partial charge in [-0.25, -0.2) is 22.9 Å². The fourth-order valence-electron chi connectivity index (χ4n) is 3.96. The molecule has 1 aromatic carbocycles. The van der Waals surface area contributed by atoms with Gasteiger partial charge in [0, 0.05) is 17.4 Å². The third kappa shape index (κ3) is 4.76. The van der Waals surface area contributed by atoms with E-state index in [4.69, 9.17) is 0 Å². The average Bonchev–Trinajstić information content (AvgIpc) is 3.56. The fourth-order valence-corrected chi connectivity index (χ4v) is 3.96. The summed E-state index contributed by atoms with van der Waals surface area (Å²) in [5.41, 5.74) is -3.56. The molecule has 1 aliphatic rings. The van der Waals surface area contributed by atoms with E-state index in [1.165, 1.54) is 35.0 Å². The van der Waals surface area contributed by atoms with Crippen molar-refractivity contribution in [2.45, 2.75) is 51.8 Å². The smallest absolute Gasteiger partial charge is 0.320 e. The van der Waals surface area contributed by atoms with Crippen molar-refractivity contribution in [2.24, 2.45) is 5.41 Å². The Hall–Kier alpha value is -3.55. The van der Waals surface area contributed by atoms with Crippen LogP contribution in [0.3, 0.4) is 0 Å². The summed E-state index contributed by atoms with van der Waals surface area (Å²) in [4.78, 5) is 21.8. The normalized spacial score (nSPS) is 15.1. The van der Waals surface area contributed by atoms with E-state index in [-0.39, 0.29) is 40.9 Å². The van der Waals surface area contributed by atoms with Gasteiger partial charge >= 0.3 is 11.9 Å². The lowest BCUT2D eigenvalue weighted by molar-refractivity contribution is -0.168. The van der Waals surface area contributed by atoms with Crippen LogP contribution in [0, 0.1) is 23.1 Å². The summed E-state index contributed by atoms with van der Waals surface area (Å²) in [6.45, 7) is 4.20. The van der Waals surface area contributed by atoms with E-state index in [1.807, 2.05) is 0 Å². The van der Waals surface area contributed by atoms with Crippen LogP contribution >= 0.6 is 0 Å². The SMILES string of the molecule is CC(C)(C)n1c(=O)nc(N(CC(F)F)c2ccnc(C#CC3(C(F)(F)F)CC3)c2)c2c(F)cccc21. The minimum absolute atomic E-state index is 0.0245. The molecule has 0 spiro atoms. The highest BCUT2D eigenvalue weighted by Gasteiger charge is 2.62. The molecule has 4 rings (SSSR count). The summed E-state index contributed by atoms with van der Waals surface area (Å²) in [5.74, 6) is 3.48. The van der Waals surface area contributed by atoms with Crippen LogP contribution in [-0.4, -0.2) is 33.7 Å². The van der Waals surface area contributed by atoms with E-state index < -0.39 is 41.6 Å². The van der Waals surface area contributed by atoms with E-state index in [9.17, 15) is 26.7 Å². The second-order valence-corrected chi connectivity index (χ2v) is 9.59. The zero-order valence-electron chi connectivity index (χ0n) is 19.6. The molecule has 0 amide bonds. The highest BCUT2D eigenvalue weighted by molar-refractivity contribution is 5.92. The lowest BCUT2D eigenvalue weighted by Gasteiger charge is -2.29. The van der Waals surface area contributed by atoms with Gasteiger partial charge < -0.3 is 4.90 Å². The Bertz CT molecular complexity index is 1420. The van der Waals surface area contributed by atoms with Crippen LogP contribution in [0.2, 0.25) is 0 Å². The Kier molecular flexibility index (Phi) is 6.27. The highest BCUT2D eigenvalue weighted by atomic mass is 19.4. The van der Waals surface area contributed by atoms with Gasteiger partial charge in [-0.2, -0.15) is 18.2 Å². The predicted octanol–water partition coefficient (Wildman–Crippen LogP) is 5.78. The van der Waals surface area contributed by atoms with E-state index in [2.05, 4.69) is 21.8 Å². The van der Waals surface area contributed by atoms with Gasteiger partial charge in [-0.15, -0.1) is 0 Å². The molecule has 0 bridgehead atoms. The molecule has 0 aliphatic heterocycles. The third-order valence-corrected chi connectivity index (χ3v) is 5.87. The van der Waals surface area contributed by atoms with Crippen LogP contribution in [0.1, 0.15) is 39.3 Å². The van der Waals surface area contributed by atoms with Crippen molar-refractivity contribution >= 4 is 22.4 Å². The van der Waals surface area contributed by atoms with Gasteiger partial charge in [0.2, 0.25) is 0 Å². The number of nitrogens with zero attached hydrogens (tertiary/aromatic N) is 4. The Labute approximate surface area is 202 Å². The molecule has 0 unspecified atom stereocenters. The maximum absolute atomic E-state index is 15.1. The van der Waals surface area contributed by atoms with Crippen molar-refractivity contribution in [3.8, 4) is 11.8 Å². The van der Waals surface area contributed by atoms with Crippen LogP contribution in [-0.2, 0) is 5.54 Å². The van der Waals surface area contributed by atoms with Crippen molar-refractivity contribution in [2.75, 3.05) is 11.4 Å². The second kappa shape index (κ2) is 8.84. The second-order valence-electron chi connectivity index (χ2n) is 9.59. The van der Waals surface area contributed by atoms with Crippen molar-refractivity contribution in [3.63, 3.8) is 0 Å². The molecule has 36 heavy (non-hydrogen) atoms. The van der Waals surface area contributed by atoms with Gasteiger partial charge in [0.05, 0.1) is 17.4 Å². The van der Waals surface area contributed by atoms with Crippen molar-refractivity contribution in [1.29, 1.82) is 0 Å². The standard InChI is InChI=1S/C25H22F6N4O/c1-23(2,3)35-18-6-4-5-17(26)20(18)21(33-22(35)36)34(14-19(27)28)16-8-12-32-15(13-16)7-9-24(10-11-24)25(29,30)31/h4-6,8,12-13,19H,10-11,14H2,1-3H3. The summed E-state index contributed by atoms with van der Waals surface area (Å²) in [7, 11) is 0. The van der Waals surface area contributed by atoms with Gasteiger partial charge in [-0.1, -0.05) is 12.0 Å². The lowest BCUT2D eigenvalue weighted by Crippen LogP contribution is -2.37. The maximum atomic E-state index is 15.1. The highest BCUT2D eigenvalue weighted by Crippen LogP contribution is 2.57. The quantitative estimate of drug-likeness (QED) is 0.331. The van der Waals surface area contributed by atoms with Gasteiger partial charge in [-0.05, 0) is 63.8 Å². The molecule has 3 aromatic rings. The van der Waals surface area contributed by atoms with Gasteiger partial charge in [-0.3, -0.25) is 4.57 Å². The predicted molar refractivity (Wildman–Crippen MR) is 123 cm³/mol. The molecule has 0 atom stereocenters. The molecule has 11 heteroatoms. The molecule has 190 valence electrons. The first-order valence-electron chi connectivity index (χ1n) is 11.1. The van der Waals surface area contributed by atoms with Crippen LogP contribution in [0.15, 0.2) is 41.3 Å². The van der Waals surface area contributed by atoms with Gasteiger partial charge in [0.25, 0.3) is 6.43 Å². The molecular weight excluding hydrogens is 486 g/mol. The van der Waals surface area contributed by atoms with E-state index in [1.54, 1.807) is 20.8 Å². The minimum Gasteiger partial charge on any atom is -0.320 e. The van der Waals surface area contributed by atoms with E-state index >= 15 is 4.39 Å². The first kappa shape index (κ1) is 25.5. The van der Waals surface area contributed by atoms with Crippen LogP contribution < -0.4 is 10.6 Å². The van der Waals surface area contributed by atoms with Gasteiger partial charge in [0.1, 0.15) is 16.9 Å². The number of alkyl halides is 5. The van der Waals surface area contributed by atoms with Crippen molar-refractivity contribution in [1.82, 2.24) is 14.5 Å². The fraction of sp³-hybridized carbons (Fsp3) is 0.400. The number of anilines is 2. The van der Waals surface area contributed by atoms with E-state index in [0.717, 1.165) is 11.0 Å².